The van der Waals surface area contributed by atoms with E-state index in [2.05, 4.69) is 4.72 Å². The lowest BCUT2D eigenvalue weighted by Gasteiger charge is -2.12. The summed E-state index contributed by atoms with van der Waals surface area (Å²) in [4.78, 5) is 0.170. The molecule has 7 heteroatoms. The van der Waals surface area contributed by atoms with Gasteiger partial charge in [0.15, 0.2) is 0 Å². The van der Waals surface area contributed by atoms with Gasteiger partial charge < -0.3 is 5.73 Å². The lowest BCUT2D eigenvalue weighted by Crippen LogP contribution is -2.15. The predicted octanol–water partition coefficient (Wildman–Crippen LogP) is 3.64. The number of halogens is 2. The van der Waals surface area contributed by atoms with E-state index in [1.54, 1.807) is 37.3 Å². The molecule has 0 saturated carbocycles. The highest BCUT2D eigenvalue weighted by Crippen LogP contribution is 2.26. The summed E-state index contributed by atoms with van der Waals surface area (Å²) < 4.78 is 28.1. The number of aryl methyl sites for hydroxylation is 1. The van der Waals surface area contributed by atoms with Crippen molar-refractivity contribution in [1.29, 1.82) is 0 Å². The summed E-state index contributed by atoms with van der Waals surface area (Å²) in [5.74, 6) is 0. The van der Waals surface area contributed by atoms with Gasteiger partial charge in [-0.1, -0.05) is 17.7 Å². The minimum atomic E-state index is -3.68. The van der Waals surface area contributed by atoms with E-state index in [4.69, 9.17) is 17.3 Å². The molecule has 0 aliphatic rings. The first-order valence-corrected chi connectivity index (χ1v) is 8.57. The van der Waals surface area contributed by atoms with Crippen LogP contribution >= 0.6 is 34.2 Å². The molecule has 2 aromatic rings. The first kappa shape index (κ1) is 15.4. The molecule has 20 heavy (non-hydrogen) atoms. The molecule has 2 rings (SSSR count). The zero-order valence-electron chi connectivity index (χ0n) is 10.5. The molecule has 0 bridgehead atoms. The van der Waals surface area contributed by atoms with Crippen molar-refractivity contribution in [2.75, 3.05) is 10.5 Å². The van der Waals surface area contributed by atoms with Crippen LogP contribution < -0.4 is 10.5 Å². The summed E-state index contributed by atoms with van der Waals surface area (Å²) in [5, 5.41) is 0.553. The van der Waals surface area contributed by atoms with Crippen LogP contribution in [0.25, 0.3) is 0 Å². The standard InChI is InChI=1S/C13H12ClIN2O2S/c1-8-2-4-10(16)7-13(8)20(18,19)17-12-5-3-9(14)6-11(12)15/h2-7,17H,16H2,1H3. The van der Waals surface area contributed by atoms with Crippen LogP contribution in [0.5, 0.6) is 0 Å². The average molecular weight is 423 g/mol. The second kappa shape index (κ2) is 5.79. The normalized spacial score (nSPS) is 11.3. The maximum absolute atomic E-state index is 12.4. The molecule has 0 saturated heterocycles. The van der Waals surface area contributed by atoms with Crippen LogP contribution in [-0.4, -0.2) is 8.42 Å². The second-order valence-electron chi connectivity index (χ2n) is 4.25. The lowest BCUT2D eigenvalue weighted by atomic mass is 10.2. The minimum absolute atomic E-state index is 0.170. The number of nitrogens with one attached hydrogen (secondary N) is 1. The molecule has 0 radical (unpaired) electrons. The highest BCUT2D eigenvalue weighted by Gasteiger charge is 2.18. The Bertz CT molecular complexity index is 763. The number of hydrogen-bond donors (Lipinski definition) is 2. The van der Waals surface area contributed by atoms with Gasteiger partial charge in [0, 0.05) is 14.3 Å². The van der Waals surface area contributed by atoms with Crippen molar-refractivity contribution in [1.82, 2.24) is 0 Å². The van der Waals surface area contributed by atoms with Crippen LogP contribution in [0, 0.1) is 10.5 Å². The molecule has 0 aromatic heterocycles. The number of rotatable bonds is 3. The Balaban J connectivity index is 2.43. The van der Waals surface area contributed by atoms with E-state index < -0.39 is 10.0 Å². The topological polar surface area (TPSA) is 72.2 Å². The van der Waals surface area contributed by atoms with Crippen molar-refractivity contribution >= 4 is 55.6 Å². The third kappa shape index (κ3) is 3.36. The largest absolute Gasteiger partial charge is 0.399 e. The number of hydrogen-bond acceptors (Lipinski definition) is 3. The number of anilines is 2. The summed E-state index contributed by atoms with van der Waals surface area (Å²) in [5.41, 5.74) is 7.18. The number of sulfonamides is 1. The molecule has 3 N–H and O–H groups in total. The third-order valence-corrected chi connectivity index (χ3v) is 5.31. The van der Waals surface area contributed by atoms with Crippen LogP contribution in [0.4, 0.5) is 11.4 Å². The van der Waals surface area contributed by atoms with Crippen LogP contribution in [0.15, 0.2) is 41.3 Å². The van der Waals surface area contributed by atoms with Crippen molar-refractivity contribution in [2.45, 2.75) is 11.8 Å². The van der Waals surface area contributed by atoms with Gasteiger partial charge in [0.05, 0.1) is 10.6 Å². The Hall–Kier alpha value is -0.990. The van der Waals surface area contributed by atoms with E-state index in [-0.39, 0.29) is 4.90 Å². The van der Waals surface area contributed by atoms with E-state index in [1.165, 1.54) is 6.07 Å². The molecule has 0 aliphatic carbocycles. The molecule has 0 fully saturated rings. The maximum atomic E-state index is 12.4. The van der Waals surface area contributed by atoms with Crippen molar-refractivity contribution in [3.63, 3.8) is 0 Å². The van der Waals surface area contributed by atoms with Crippen LogP contribution in [0.1, 0.15) is 5.56 Å². The fourth-order valence-corrected chi connectivity index (χ4v) is 4.23. The molecule has 0 heterocycles. The van der Waals surface area contributed by atoms with Gasteiger partial charge in [0.1, 0.15) is 0 Å². The first-order valence-electron chi connectivity index (χ1n) is 5.63. The number of nitrogens with two attached hydrogens (primary N) is 1. The fraction of sp³-hybridized carbons (Fsp3) is 0.0769. The number of nitrogen functional groups attached to an aromatic ring is 1. The second-order valence-corrected chi connectivity index (χ2v) is 7.50. The Morgan fingerprint density at radius 1 is 1.20 bits per heavy atom. The van der Waals surface area contributed by atoms with Gasteiger partial charge >= 0.3 is 0 Å². The summed E-state index contributed by atoms with van der Waals surface area (Å²) in [7, 11) is -3.68. The van der Waals surface area contributed by atoms with E-state index in [1.807, 2.05) is 22.6 Å². The van der Waals surface area contributed by atoms with E-state index in [0.717, 1.165) is 3.57 Å². The van der Waals surface area contributed by atoms with E-state index in [0.29, 0.717) is 22.0 Å². The molecule has 0 spiro atoms. The summed E-state index contributed by atoms with van der Waals surface area (Å²) >= 11 is 7.88. The lowest BCUT2D eigenvalue weighted by molar-refractivity contribution is 0.600. The molecule has 0 unspecified atom stereocenters. The number of benzene rings is 2. The van der Waals surface area contributed by atoms with Gasteiger partial charge in [-0.15, -0.1) is 0 Å². The van der Waals surface area contributed by atoms with Crippen molar-refractivity contribution < 1.29 is 8.42 Å². The SMILES string of the molecule is Cc1ccc(N)cc1S(=O)(=O)Nc1ccc(Cl)cc1I. The highest BCUT2D eigenvalue weighted by atomic mass is 127. The van der Waals surface area contributed by atoms with Gasteiger partial charge in [0.2, 0.25) is 0 Å². The average Bonchev–Trinajstić information content (AvgIpc) is 2.35. The van der Waals surface area contributed by atoms with Crippen LogP contribution in [-0.2, 0) is 10.0 Å². The first-order chi connectivity index (χ1) is 9.29. The van der Waals surface area contributed by atoms with E-state index >= 15 is 0 Å². The minimum Gasteiger partial charge on any atom is -0.399 e. The van der Waals surface area contributed by atoms with Crippen LogP contribution in [0.3, 0.4) is 0 Å². The zero-order chi connectivity index (χ0) is 14.9. The van der Waals surface area contributed by atoms with Gasteiger partial charge in [-0.2, -0.15) is 0 Å². The molecule has 0 atom stereocenters. The summed E-state index contributed by atoms with van der Waals surface area (Å²) in [6.07, 6.45) is 0. The fourth-order valence-electron chi connectivity index (χ4n) is 1.68. The quantitative estimate of drug-likeness (QED) is 0.586. The van der Waals surface area contributed by atoms with Crippen molar-refractivity contribution in [2.24, 2.45) is 0 Å². The van der Waals surface area contributed by atoms with E-state index in [9.17, 15) is 8.42 Å². The Morgan fingerprint density at radius 3 is 2.55 bits per heavy atom. The molecule has 106 valence electrons. The Kier molecular flexibility index (Phi) is 4.46. The van der Waals surface area contributed by atoms with Gasteiger partial charge in [-0.25, -0.2) is 8.42 Å². The smallest absolute Gasteiger partial charge is 0.262 e. The highest BCUT2D eigenvalue weighted by molar-refractivity contribution is 14.1. The Morgan fingerprint density at radius 2 is 1.90 bits per heavy atom. The third-order valence-electron chi connectivity index (χ3n) is 2.68. The zero-order valence-corrected chi connectivity index (χ0v) is 14.3. The van der Waals surface area contributed by atoms with Crippen molar-refractivity contribution in [3.05, 3.63) is 50.6 Å². The van der Waals surface area contributed by atoms with Gasteiger partial charge in [0.25, 0.3) is 10.0 Å². The molecule has 4 nitrogen and oxygen atoms in total. The van der Waals surface area contributed by atoms with Crippen molar-refractivity contribution in [3.8, 4) is 0 Å². The molecule has 0 aliphatic heterocycles. The Labute approximate surface area is 136 Å². The molecule has 2 aromatic carbocycles. The van der Waals surface area contributed by atoms with Gasteiger partial charge in [-0.3, -0.25) is 4.72 Å². The predicted molar refractivity (Wildman–Crippen MR) is 90.6 cm³/mol. The molecular weight excluding hydrogens is 411 g/mol. The van der Waals surface area contributed by atoms with Gasteiger partial charge in [-0.05, 0) is 65.4 Å². The maximum Gasteiger partial charge on any atom is 0.262 e. The summed E-state index contributed by atoms with van der Waals surface area (Å²) in [6.45, 7) is 1.72. The summed E-state index contributed by atoms with van der Waals surface area (Å²) in [6, 6.07) is 9.74. The monoisotopic (exact) mass is 422 g/mol. The van der Waals surface area contributed by atoms with Crippen LogP contribution in [0.2, 0.25) is 5.02 Å². The molecular formula is C13H12ClIN2O2S. The molecule has 0 amide bonds.